The van der Waals surface area contributed by atoms with E-state index in [0.29, 0.717) is 6.04 Å². The summed E-state index contributed by atoms with van der Waals surface area (Å²) in [5.74, 6) is 0. The minimum atomic E-state index is 0.319. The van der Waals surface area contributed by atoms with Crippen molar-refractivity contribution < 1.29 is 0 Å². The molecule has 0 amide bonds. The van der Waals surface area contributed by atoms with Crippen LogP contribution in [0.1, 0.15) is 26.2 Å². The molecule has 0 spiro atoms. The molecule has 0 saturated heterocycles. The predicted octanol–water partition coefficient (Wildman–Crippen LogP) is 1.38. The van der Waals surface area contributed by atoms with Crippen molar-refractivity contribution in [2.45, 2.75) is 32.2 Å². The molecule has 0 heterocycles. The Hall–Kier alpha value is -0.800. The average molecular weight is 211 g/mol. The van der Waals surface area contributed by atoms with Gasteiger partial charge in [0.15, 0.2) is 0 Å². The van der Waals surface area contributed by atoms with Gasteiger partial charge in [0.05, 0.1) is 0 Å². The summed E-state index contributed by atoms with van der Waals surface area (Å²) < 4.78 is 0. The number of rotatable bonds is 9. The summed E-state index contributed by atoms with van der Waals surface area (Å²) in [6.07, 6.45) is 3.05. The number of nitrogens with one attached hydrogen (secondary N) is 2. The molecule has 0 rings (SSSR count). The lowest BCUT2D eigenvalue weighted by atomic mass is 10.0. The Labute approximate surface area is 93.8 Å². The zero-order chi connectivity index (χ0) is 11.7. The van der Waals surface area contributed by atoms with E-state index in [1.165, 1.54) is 5.57 Å². The lowest BCUT2D eigenvalue weighted by Gasteiger charge is -2.22. The lowest BCUT2D eigenvalue weighted by Crippen LogP contribution is -2.33. The van der Waals surface area contributed by atoms with E-state index < -0.39 is 0 Å². The smallest absolute Gasteiger partial charge is 0.0468 e. The van der Waals surface area contributed by atoms with Crippen molar-refractivity contribution in [3.05, 3.63) is 24.4 Å². The van der Waals surface area contributed by atoms with Gasteiger partial charge in [-0.1, -0.05) is 25.7 Å². The highest BCUT2D eigenvalue weighted by Gasteiger charge is 2.10. The highest BCUT2D eigenvalue weighted by Crippen LogP contribution is 2.11. The van der Waals surface area contributed by atoms with Gasteiger partial charge in [-0.25, -0.2) is 0 Å². The monoisotopic (exact) mass is 211 g/mol. The first-order valence-electron chi connectivity index (χ1n) is 5.62. The minimum Gasteiger partial charge on any atom is -0.381 e. The van der Waals surface area contributed by atoms with Crippen molar-refractivity contribution in [2.75, 3.05) is 20.1 Å². The first-order valence-corrected chi connectivity index (χ1v) is 5.62. The van der Waals surface area contributed by atoms with Gasteiger partial charge >= 0.3 is 0 Å². The highest BCUT2D eigenvalue weighted by molar-refractivity contribution is 5.10. The van der Waals surface area contributed by atoms with Gasteiger partial charge < -0.3 is 16.4 Å². The van der Waals surface area contributed by atoms with Crippen molar-refractivity contribution >= 4 is 0 Å². The first-order chi connectivity index (χ1) is 7.15. The summed E-state index contributed by atoms with van der Waals surface area (Å²) in [7, 11) is 1.91. The van der Waals surface area contributed by atoms with Gasteiger partial charge in [-0.05, 0) is 32.9 Å². The van der Waals surface area contributed by atoms with Gasteiger partial charge in [0.1, 0.15) is 0 Å². The van der Waals surface area contributed by atoms with Gasteiger partial charge in [-0.15, -0.1) is 0 Å². The molecule has 4 N–H and O–H groups in total. The van der Waals surface area contributed by atoms with Crippen molar-refractivity contribution in [3.8, 4) is 0 Å². The van der Waals surface area contributed by atoms with Crippen LogP contribution in [-0.2, 0) is 0 Å². The van der Waals surface area contributed by atoms with Crippen molar-refractivity contribution in [2.24, 2.45) is 5.73 Å². The highest BCUT2D eigenvalue weighted by atomic mass is 15.0. The van der Waals surface area contributed by atoms with Gasteiger partial charge in [0.25, 0.3) is 0 Å². The molecule has 0 aliphatic heterocycles. The van der Waals surface area contributed by atoms with E-state index in [1.807, 2.05) is 7.05 Å². The Kier molecular flexibility index (Phi) is 8.05. The normalized spacial score (nSPS) is 12.2. The third-order valence-electron chi connectivity index (χ3n) is 2.41. The first kappa shape index (κ1) is 14.2. The van der Waals surface area contributed by atoms with E-state index in [2.05, 4.69) is 30.7 Å². The van der Waals surface area contributed by atoms with Crippen LogP contribution in [0, 0.1) is 0 Å². The summed E-state index contributed by atoms with van der Waals surface area (Å²) in [6.45, 7) is 11.7. The fraction of sp³-hybridized carbons (Fsp3) is 0.667. The largest absolute Gasteiger partial charge is 0.381 e. The summed E-state index contributed by atoms with van der Waals surface area (Å²) in [5, 5.41) is 6.46. The molecule has 0 aromatic carbocycles. The molecule has 0 aliphatic carbocycles. The van der Waals surface area contributed by atoms with Crippen LogP contribution in [0.5, 0.6) is 0 Å². The second-order valence-electron chi connectivity index (χ2n) is 3.77. The third-order valence-corrected chi connectivity index (χ3v) is 2.41. The Morgan fingerprint density at radius 3 is 2.53 bits per heavy atom. The van der Waals surface area contributed by atoms with Crippen LogP contribution < -0.4 is 16.4 Å². The van der Waals surface area contributed by atoms with E-state index in [1.54, 1.807) is 0 Å². The molecule has 15 heavy (non-hydrogen) atoms. The quantitative estimate of drug-likeness (QED) is 0.505. The molecule has 0 saturated carbocycles. The second-order valence-corrected chi connectivity index (χ2v) is 3.77. The van der Waals surface area contributed by atoms with E-state index in [-0.39, 0.29) is 0 Å². The summed E-state index contributed by atoms with van der Waals surface area (Å²) in [5.41, 5.74) is 7.75. The fourth-order valence-electron chi connectivity index (χ4n) is 1.46. The number of likely N-dealkylation sites (N-methyl/N-ethyl adjacent to an activating group) is 1. The van der Waals surface area contributed by atoms with E-state index >= 15 is 0 Å². The number of nitrogens with two attached hydrogens (primary N) is 1. The number of hydrogen-bond donors (Lipinski definition) is 3. The molecule has 0 aromatic heterocycles. The van der Waals surface area contributed by atoms with Crippen LogP contribution in [0.15, 0.2) is 24.4 Å². The van der Waals surface area contributed by atoms with Crippen LogP contribution in [0.3, 0.4) is 0 Å². The predicted molar refractivity (Wildman–Crippen MR) is 67.7 cm³/mol. The molecule has 0 aliphatic rings. The molecule has 0 aromatic rings. The molecule has 0 fully saturated rings. The maximum atomic E-state index is 5.52. The molecular weight excluding hydrogens is 186 g/mol. The van der Waals surface area contributed by atoms with Gasteiger partial charge in [-0.3, -0.25) is 0 Å². The topological polar surface area (TPSA) is 50.1 Å². The van der Waals surface area contributed by atoms with E-state index in [4.69, 9.17) is 5.73 Å². The van der Waals surface area contributed by atoms with Crippen molar-refractivity contribution in [1.29, 1.82) is 0 Å². The maximum absolute atomic E-state index is 5.52. The zero-order valence-electron chi connectivity index (χ0n) is 10.1. The van der Waals surface area contributed by atoms with E-state index in [0.717, 1.165) is 38.0 Å². The molecule has 0 radical (unpaired) electrons. The van der Waals surface area contributed by atoms with Crippen molar-refractivity contribution in [3.63, 3.8) is 0 Å². The summed E-state index contributed by atoms with van der Waals surface area (Å²) in [6, 6.07) is 0.319. The minimum absolute atomic E-state index is 0.319. The Morgan fingerprint density at radius 1 is 1.40 bits per heavy atom. The Bertz CT molecular complexity index is 199. The van der Waals surface area contributed by atoms with Crippen LogP contribution in [-0.4, -0.2) is 26.2 Å². The van der Waals surface area contributed by atoms with Gasteiger partial charge in [-0.2, -0.15) is 0 Å². The molecule has 3 nitrogen and oxygen atoms in total. The molecule has 0 bridgehead atoms. The average Bonchev–Trinajstić information content (AvgIpc) is 2.23. The van der Waals surface area contributed by atoms with Crippen LogP contribution >= 0.6 is 0 Å². The van der Waals surface area contributed by atoms with Crippen LogP contribution in [0.25, 0.3) is 0 Å². The zero-order valence-corrected chi connectivity index (χ0v) is 10.1. The second kappa shape index (κ2) is 8.50. The van der Waals surface area contributed by atoms with Crippen LogP contribution in [0.4, 0.5) is 0 Å². The fourth-order valence-corrected chi connectivity index (χ4v) is 1.46. The van der Waals surface area contributed by atoms with Gasteiger partial charge in [0, 0.05) is 18.3 Å². The van der Waals surface area contributed by atoms with Crippen LogP contribution in [0.2, 0.25) is 0 Å². The standard InChI is InChI=1S/C12H25N3/c1-5-10(2)12(7-6-8-13)15-11(3)9-14-4/h12,14-15H,2-3,5-9,13H2,1,4H3. The Balaban J connectivity index is 4.11. The summed E-state index contributed by atoms with van der Waals surface area (Å²) in [4.78, 5) is 0. The summed E-state index contributed by atoms with van der Waals surface area (Å²) >= 11 is 0. The molecular formula is C12H25N3. The third kappa shape index (κ3) is 6.31. The Morgan fingerprint density at radius 2 is 2.07 bits per heavy atom. The molecule has 1 unspecified atom stereocenters. The number of hydrogen-bond acceptors (Lipinski definition) is 3. The molecule has 88 valence electrons. The van der Waals surface area contributed by atoms with E-state index in [9.17, 15) is 0 Å². The SMILES string of the molecule is C=C(CNC)NC(CCCN)C(=C)CC. The lowest BCUT2D eigenvalue weighted by molar-refractivity contribution is 0.549. The molecule has 3 heteroatoms. The van der Waals surface area contributed by atoms with Gasteiger partial charge in [0.2, 0.25) is 0 Å². The molecule has 1 atom stereocenters. The maximum Gasteiger partial charge on any atom is 0.0468 e. The van der Waals surface area contributed by atoms with Crippen molar-refractivity contribution in [1.82, 2.24) is 10.6 Å².